The van der Waals surface area contributed by atoms with Crippen LogP contribution in [0.2, 0.25) is 0 Å². The molecule has 0 bridgehead atoms. The summed E-state index contributed by atoms with van der Waals surface area (Å²) in [5, 5.41) is 0. The second-order valence-electron chi connectivity index (χ2n) is 5.67. The van der Waals surface area contributed by atoms with Crippen LogP contribution >= 0.6 is 0 Å². The topological polar surface area (TPSA) is 59.5 Å². The quantitative estimate of drug-likeness (QED) is 0.875. The maximum Gasteiger partial charge on any atom is 0.254 e. The summed E-state index contributed by atoms with van der Waals surface area (Å²) in [5.41, 5.74) is 8.05. The van der Waals surface area contributed by atoms with E-state index in [9.17, 15) is 4.79 Å². The van der Waals surface area contributed by atoms with Crippen molar-refractivity contribution in [3.8, 4) is 0 Å². The molecule has 4 heteroatoms. The van der Waals surface area contributed by atoms with Crippen LogP contribution in [0.25, 0.3) is 0 Å². The van der Waals surface area contributed by atoms with Crippen LogP contribution in [0.5, 0.6) is 0 Å². The van der Waals surface area contributed by atoms with E-state index >= 15 is 0 Å². The molecule has 0 aliphatic carbocycles. The maximum absolute atomic E-state index is 12.7. The van der Waals surface area contributed by atoms with E-state index in [1.54, 1.807) is 11.0 Å². The van der Waals surface area contributed by atoms with E-state index in [0.717, 1.165) is 17.1 Å². The van der Waals surface area contributed by atoms with Crippen LogP contribution in [0, 0.1) is 13.8 Å². The number of nitrogens with zero attached hydrogens (tertiary/aromatic N) is 1. The van der Waals surface area contributed by atoms with Gasteiger partial charge in [-0.25, -0.2) is 0 Å². The van der Waals surface area contributed by atoms with Crippen LogP contribution in [-0.4, -0.2) is 16.8 Å². The highest BCUT2D eigenvalue weighted by molar-refractivity contribution is 5.95. The van der Waals surface area contributed by atoms with Gasteiger partial charge in [-0.05, 0) is 63.6 Å². The standard InChI is InChI=1S/C17H22N2O2/c1-11(2)19(10-16-6-5-13(4)21-16)17(20)14-7-12(3)8-15(18)9-14/h5-9,11H,10,18H2,1-4H3. The molecule has 0 aliphatic heterocycles. The SMILES string of the molecule is Cc1cc(N)cc(C(=O)N(Cc2ccc(C)o2)C(C)C)c1. The normalized spacial score (nSPS) is 10.9. The van der Waals surface area contributed by atoms with Crippen LogP contribution < -0.4 is 5.73 Å². The summed E-state index contributed by atoms with van der Waals surface area (Å²) in [6.07, 6.45) is 0. The molecule has 0 atom stereocenters. The lowest BCUT2D eigenvalue weighted by atomic mass is 10.1. The zero-order chi connectivity index (χ0) is 15.6. The maximum atomic E-state index is 12.7. The summed E-state index contributed by atoms with van der Waals surface area (Å²) >= 11 is 0. The van der Waals surface area contributed by atoms with Gasteiger partial charge in [-0.3, -0.25) is 4.79 Å². The number of benzene rings is 1. The smallest absolute Gasteiger partial charge is 0.254 e. The van der Waals surface area contributed by atoms with Crippen molar-refractivity contribution in [2.75, 3.05) is 5.73 Å². The highest BCUT2D eigenvalue weighted by atomic mass is 16.3. The molecule has 21 heavy (non-hydrogen) atoms. The molecule has 112 valence electrons. The second-order valence-corrected chi connectivity index (χ2v) is 5.67. The Bertz CT molecular complexity index is 624. The van der Waals surface area contributed by atoms with Gasteiger partial charge in [-0.1, -0.05) is 0 Å². The molecule has 2 N–H and O–H groups in total. The predicted octanol–water partition coefficient (Wildman–Crippen LogP) is 3.53. The van der Waals surface area contributed by atoms with Crippen molar-refractivity contribution < 1.29 is 9.21 Å². The lowest BCUT2D eigenvalue weighted by molar-refractivity contribution is 0.0675. The number of aryl methyl sites for hydroxylation is 2. The third-order valence-corrected chi connectivity index (χ3v) is 3.35. The zero-order valence-electron chi connectivity index (χ0n) is 13.0. The van der Waals surface area contributed by atoms with Crippen LogP contribution in [0.4, 0.5) is 5.69 Å². The first-order chi connectivity index (χ1) is 9.86. The monoisotopic (exact) mass is 286 g/mol. The summed E-state index contributed by atoms with van der Waals surface area (Å²) < 4.78 is 5.58. The number of amides is 1. The number of rotatable bonds is 4. The Morgan fingerprint density at radius 1 is 1.24 bits per heavy atom. The minimum Gasteiger partial charge on any atom is -0.464 e. The van der Waals surface area contributed by atoms with Gasteiger partial charge in [0.25, 0.3) is 5.91 Å². The molecule has 0 saturated heterocycles. The number of carbonyl (C=O) groups is 1. The first-order valence-corrected chi connectivity index (χ1v) is 7.10. The number of nitrogens with two attached hydrogens (primary N) is 1. The summed E-state index contributed by atoms with van der Waals surface area (Å²) in [5.74, 6) is 1.60. The number of carbonyl (C=O) groups excluding carboxylic acids is 1. The van der Waals surface area contributed by atoms with E-state index in [2.05, 4.69) is 0 Å². The molecule has 1 aromatic heterocycles. The minimum atomic E-state index is -0.0329. The predicted molar refractivity (Wildman–Crippen MR) is 84.0 cm³/mol. The highest BCUT2D eigenvalue weighted by Gasteiger charge is 2.20. The Balaban J connectivity index is 2.26. The zero-order valence-corrected chi connectivity index (χ0v) is 13.0. The van der Waals surface area contributed by atoms with Crippen LogP contribution in [0.1, 0.15) is 41.3 Å². The first kappa shape index (κ1) is 15.2. The van der Waals surface area contributed by atoms with E-state index in [4.69, 9.17) is 10.2 Å². The van der Waals surface area contributed by atoms with Crippen molar-refractivity contribution in [1.29, 1.82) is 0 Å². The molecule has 1 heterocycles. The van der Waals surface area contributed by atoms with Gasteiger partial charge >= 0.3 is 0 Å². The Kier molecular flexibility index (Phi) is 4.36. The lowest BCUT2D eigenvalue weighted by Gasteiger charge is -2.26. The van der Waals surface area contributed by atoms with E-state index in [1.165, 1.54) is 0 Å². The van der Waals surface area contributed by atoms with E-state index in [0.29, 0.717) is 17.8 Å². The molecular formula is C17H22N2O2. The van der Waals surface area contributed by atoms with Crippen molar-refractivity contribution >= 4 is 11.6 Å². The second kappa shape index (κ2) is 6.04. The molecule has 0 radical (unpaired) electrons. The van der Waals surface area contributed by atoms with Gasteiger partial charge < -0.3 is 15.1 Å². The molecule has 1 amide bonds. The van der Waals surface area contributed by atoms with Gasteiger partial charge in [0, 0.05) is 17.3 Å². The third kappa shape index (κ3) is 3.66. The van der Waals surface area contributed by atoms with Crippen molar-refractivity contribution in [2.45, 2.75) is 40.3 Å². The summed E-state index contributed by atoms with van der Waals surface area (Å²) in [7, 11) is 0. The summed E-state index contributed by atoms with van der Waals surface area (Å²) in [4.78, 5) is 14.5. The van der Waals surface area contributed by atoms with Gasteiger partial charge in [0.15, 0.2) is 0 Å². The van der Waals surface area contributed by atoms with E-state index in [-0.39, 0.29) is 11.9 Å². The fourth-order valence-electron chi connectivity index (χ4n) is 2.33. The van der Waals surface area contributed by atoms with Crippen LogP contribution in [0.15, 0.2) is 34.7 Å². The van der Waals surface area contributed by atoms with Crippen molar-refractivity contribution in [2.24, 2.45) is 0 Å². The average molecular weight is 286 g/mol. The Hall–Kier alpha value is -2.23. The van der Waals surface area contributed by atoms with Crippen molar-refractivity contribution in [3.63, 3.8) is 0 Å². The molecular weight excluding hydrogens is 264 g/mol. The fraction of sp³-hybridized carbons (Fsp3) is 0.353. The molecule has 2 aromatic rings. The van der Waals surface area contributed by atoms with Gasteiger partial charge in [-0.15, -0.1) is 0 Å². The number of nitrogen functional groups attached to an aromatic ring is 1. The Morgan fingerprint density at radius 3 is 2.48 bits per heavy atom. The van der Waals surface area contributed by atoms with Crippen molar-refractivity contribution in [1.82, 2.24) is 4.90 Å². The van der Waals surface area contributed by atoms with E-state index in [1.807, 2.05) is 52.0 Å². The first-order valence-electron chi connectivity index (χ1n) is 7.10. The van der Waals surface area contributed by atoms with Gasteiger partial charge in [0.1, 0.15) is 11.5 Å². The Morgan fingerprint density at radius 2 is 1.95 bits per heavy atom. The van der Waals surface area contributed by atoms with Crippen molar-refractivity contribution in [3.05, 3.63) is 53.0 Å². The number of furan rings is 1. The molecule has 0 aliphatic rings. The fourth-order valence-corrected chi connectivity index (χ4v) is 2.33. The highest BCUT2D eigenvalue weighted by Crippen LogP contribution is 2.18. The van der Waals surface area contributed by atoms with Gasteiger partial charge in [0.05, 0.1) is 6.54 Å². The van der Waals surface area contributed by atoms with Gasteiger partial charge in [0.2, 0.25) is 0 Å². The molecule has 0 fully saturated rings. The Labute approximate surface area is 125 Å². The van der Waals surface area contributed by atoms with E-state index < -0.39 is 0 Å². The van der Waals surface area contributed by atoms with Crippen LogP contribution in [0.3, 0.4) is 0 Å². The molecule has 4 nitrogen and oxygen atoms in total. The summed E-state index contributed by atoms with van der Waals surface area (Å²) in [6, 6.07) is 9.32. The average Bonchev–Trinajstić information content (AvgIpc) is 2.79. The molecule has 0 spiro atoms. The largest absolute Gasteiger partial charge is 0.464 e. The number of hydrogen-bond acceptors (Lipinski definition) is 3. The summed E-state index contributed by atoms with van der Waals surface area (Å²) in [6.45, 7) is 8.27. The molecule has 2 rings (SSSR count). The third-order valence-electron chi connectivity index (χ3n) is 3.35. The minimum absolute atomic E-state index is 0.0329. The molecule has 0 saturated carbocycles. The molecule has 0 unspecified atom stereocenters. The number of hydrogen-bond donors (Lipinski definition) is 1. The number of anilines is 1. The lowest BCUT2D eigenvalue weighted by Crippen LogP contribution is -2.36. The molecule has 1 aromatic carbocycles. The van der Waals surface area contributed by atoms with Crippen LogP contribution in [-0.2, 0) is 6.54 Å². The van der Waals surface area contributed by atoms with Gasteiger partial charge in [-0.2, -0.15) is 0 Å².